The van der Waals surface area contributed by atoms with Crippen LogP contribution in [0.4, 0.5) is 0 Å². The Labute approximate surface area is 107 Å². The van der Waals surface area contributed by atoms with Crippen LogP contribution in [0.3, 0.4) is 0 Å². The number of fused-ring (bicyclic) bond motifs is 1. The van der Waals surface area contributed by atoms with Crippen LogP contribution in [0.1, 0.15) is 5.56 Å². The first kappa shape index (κ1) is 11.0. The van der Waals surface area contributed by atoms with E-state index < -0.39 is 0 Å². The van der Waals surface area contributed by atoms with Crippen LogP contribution in [-0.2, 0) is 0 Å². The van der Waals surface area contributed by atoms with E-state index in [1.807, 2.05) is 25.1 Å². The van der Waals surface area contributed by atoms with E-state index in [0.717, 1.165) is 11.3 Å². The van der Waals surface area contributed by atoms with Gasteiger partial charge in [-0.1, -0.05) is 17.7 Å². The molecular weight excluding hydrogens is 252 g/mol. The summed E-state index contributed by atoms with van der Waals surface area (Å²) in [5, 5.41) is 5.31. The van der Waals surface area contributed by atoms with Crippen LogP contribution < -0.4 is 5.56 Å². The topological polar surface area (TPSA) is 63.6 Å². The Bertz CT molecular complexity index is 790. The maximum absolute atomic E-state index is 11.6. The van der Waals surface area contributed by atoms with E-state index in [9.17, 15) is 4.79 Å². The van der Waals surface area contributed by atoms with Gasteiger partial charge in [0.1, 0.15) is 5.39 Å². The van der Waals surface area contributed by atoms with Gasteiger partial charge in [-0.3, -0.25) is 4.79 Å². The summed E-state index contributed by atoms with van der Waals surface area (Å²) < 4.78 is 1.62. The van der Waals surface area contributed by atoms with Gasteiger partial charge < -0.3 is 4.98 Å². The average Bonchev–Trinajstić information content (AvgIpc) is 2.78. The monoisotopic (exact) mass is 260 g/mol. The third-order valence-electron chi connectivity index (χ3n) is 2.84. The van der Waals surface area contributed by atoms with Gasteiger partial charge in [-0.05, 0) is 24.6 Å². The Morgan fingerprint density at radius 2 is 2.22 bits per heavy atom. The van der Waals surface area contributed by atoms with Gasteiger partial charge in [0.05, 0.1) is 18.2 Å². The molecule has 90 valence electrons. The molecule has 0 saturated heterocycles. The number of halogens is 1. The van der Waals surface area contributed by atoms with Gasteiger partial charge >= 0.3 is 0 Å². The van der Waals surface area contributed by atoms with Gasteiger partial charge in [0, 0.05) is 5.02 Å². The Kier molecular flexibility index (Phi) is 2.41. The Morgan fingerprint density at radius 3 is 3.06 bits per heavy atom. The van der Waals surface area contributed by atoms with Crippen molar-refractivity contribution in [1.29, 1.82) is 0 Å². The quantitative estimate of drug-likeness (QED) is 0.728. The molecule has 0 aliphatic heterocycles. The second-order valence-corrected chi connectivity index (χ2v) is 4.32. The molecule has 5 nitrogen and oxygen atoms in total. The standard InChI is InChI=1S/C12H9ClN4O/c1-7-9(13)3-2-4-10(7)17-11-8(5-16-17)12(18)15-6-14-11/h2-6H,1H3,(H,14,15,18). The lowest BCUT2D eigenvalue weighted by atomic mass is 10.2. The minimum Gasteiger partial charge on any atom is -0.312 e. The molecule has 1 aromatic carbocycles. The first-order chi connectivity index (χ1) is 8.68. The predicted octanol–water partition coefficient (Wildman–Crippen LogP) is 2.07. The molecule has 0 saturated carbocycles. The molecule has 0 amide bonds. The number of hydrogen-bond acceptors (Lipinski definition) is 3. The minimum atomic E-state index is -0.203. The molecule has 2 heterocycles. The third-order valence-corrected chi connectivity index (χ3v) is 3.25. The van der Waals surface area contributed by atoms with Crippen molar-refractivity contribution in [3.8, 4) is 5.69 Å². The van der Waals surface area contributed by atoms with Gasteiger partial charge in [-0.15, -0.1) is 0 Å². The molecule has 0 radical (unpaired) electrons. The van der Waals surface area contributed by atoms with Crippen molar-refractivity contribution in [2.75, 3.05) is 0 Å². The SMILES string of the molecule is Cc1c(Cl)cccc1-n1ncc2c(=O)[nH]cnc21. The number of H-pyrrole nitrogens is 1. The van der Waals surface area contributed by atoms with Crippen molar-refractivity contribution in [2.45, 2.75) is 6.92 Å². The number of rotatable bonds is 1. The van der Waals surface area contributed by atoms with Crippen LogP contribution in [0.15, 0.2) is 35.5 Å². The fourth-order valence-corrected chi connectivity index (χ4v) is 2.03. The molecule has 0 bridgehead atoms. The second kappa shape index (κ2) is 3.96. The summed E-state index contributed by atoms with van der Waals surface area (Å²) in [6.07, 6.45) is 2.87. The van der Waals surface area contributed by atoms with Gasteiger partial charge in [0.15, 0.2) is 5.65 Å². The maximum atomic E-state index is 11.6. The third kappa shape index (κ3) is 1.52. The van der Waals surface area contributed by atoms with Gasteiger partial charge in [-0.25, -0.2) is 9.67 Å². The lowest BCUT2D eigenvalue weighted by molar-refractivity contribution is 0.887. The first-order valence-electron chi connectivity index (χ1n) is 5.35. The summed E-state index contributed by atoms with van der Waals surface area (Å²) in [4.78, 5) is 18.3. The lowest BCUT2D eigenvalue weighted by Crippen LogP contribution is -2.07. The highest BCUT2D eigenvalue weighted by Crippen LogP contribution is 2.23. The number of aromatic amines is 1. The Morgan fingerprint density at radius 1 is 1.39 bits per heavy atom. The van der Waals surface area contributed by atoms with Gasteiger partial charge in [0.2, 0.25) is 0 Å². The lowest BCUT2D eigenvalue weighted by Gasteiger charge is -2.07. The van der Waals surface area contributed by atoms with Crippen molar-refractivity contribution in [2.24, 2.45) is 0 Å². The number of nitrogens with one attached hydrogen (secondary N) is 1. The van der Waals surface area contributed by atoms with Crippen molar-refractivity contribution >= 4 is 22.6 Å². The molecule has 6 heteroatoms. The Balaban J connectivity index is 2.36. The summed E-state index contributed by atoms with van der Waals surface area (Å²) in [6, 6.07) is 5.54. The molecule has 0 fully saturated rings. The average molecular weight is 261 g/mol. The molecule has 0 aliphatic carbocycles. The van der Waals surface area contributed by atoms with Crippen LogP contribution in [0.2, 0.25) is 5.02 Å². The summed E-state index contributed by atoms with van der Waals surface area (Å²) >= 11 is 6.08. The summed E-state index contributed by atoms with van der Waals surface area (Å²) in [6.45, 7) is 1.90. The van der Waals surface area contributed by atoms with E-state index in [1.54, 1.807) is 4.68 Å². The van der Waals surface area contributed by atoms with Crippen molar-refractivity contribution < 1.29 is 0 Å². The molecule has 0 atom stereocenters. The number of nitrogens with zero attached hydrogens (tertiary/aromatic N) is 3. The molecule has 0 unspecified atom stereocenters. The van der Waals surface area contributed by atoms with E-state index in [2.05, 4.69) is 15.1 Å². The van der Waals surface area contributed by atoms with E-state index >= 15 is 0 Å². The minimum absolute atomic E-state index is 0.203. The van der Waals surface area contributed by atoms with Crippen LogP contribution in [-0.4, -0.2) is 19.7 Å². The van der Waals surface area contributed by atoms with Crippen LogP contribution >= 0.6 is 11.6 Å². The molecular formula is C12H9ClN4O. The zero-order valence-corrected chi connectivity index (χ0v) is 10.3. The predicted molar refractivity (Wildman–Crippen MR) is 69.2 cm³/mol. The molecule has 1 N–H and O–H groups in total. The first-order valence-corrected chi connectivity index (χ1v) is 5.73. The molecule has 2 aromatic heterocycles. The highest BCUT2D eigenvalue weighted by Gasteiger charge is 2.11. The molecule has 18 heavy (non-hydrogen) atoms. The van der Waals surface area contributed by atoms with Crippen LogP contribution in [0.5, 0.6) is 0 Å². The fourth-order valence-electron chi connectivity index (χ4n) is 1.86. The highest BCUT2D eigenvalue weighted by atomic mass is 35.5. The Hall–Kier alpha value is -2.14. The smallest absolute Gasteiger partial charge is 0.261 e. The number of hydrogen-bond donors (Lipinski definition) is 1. The second-order valence-electron chi connectivity index (χ2n) is 3.91. The highest BCUT2D eigenvalue weighted by molar-refractivity contribution is 6.31. The zero-order chi connectivity index (χ0) is 12.7. The summed E-state index contributed by atoms with van der Waals surface area (Å²) in [5.41, 5.74) is 2.02. The number of aromatic nitrogens is 4. The van der Waals surface area contributed by atoms with E-state index in [4.69, 9.17) is 11.6 Å². The van der Waals surface area contributed by atoms with Crippen molar-refractivity contribution in [1.82, 2.24) is 19.7 Å². The molecule has 0 spiro atoms. The van der Waals surface area contributed by atoms with E-state index in [-0.39, 0.29) is 5.56 Å². The van der Waals surface area contributed by atoms with Crippen molar-refractivity contribution in [3.05, 3.63) is 51.7 Å². The van der Waals surface area contributed by atoms with Gasteiger partial charge in [-0.2, -0.15) is 5.10 Å². The van der Waals surface area contributed by atoms with Gasteiger partial charge in [0.25, 0.3) is 5.56 Å². The molecule has 3 rings (SSSR count). The summed E-state index contributed by atoms with van der Waals surface area (Å²) in [5.74, 6) is 0. The van der Waals surface area contributed by atoms with Crippen LogP contribution in [0, 0.1) is 6.92 Å². The largest absolute Gasteiger partial charge is 0.312 e. The maximum Gasteiger partial charge on any atom is 0.261 e. The summed E-state index contributed by atoms with van der Waals surface area (Å²) in [7, 11) is 0. The van der Waals surface area contributed by atoms with E-state index in [1.165, 1.54) is 12.5 Å². The van der Waals surface area contributed by atoms with Crippen molar-refractivity contribution in [3.63, 3.8) is 0 Å². The molecule has 3 aromatic rings. The molecule has 0 aliphatic rings. The van der Waals surface area contributed by atoms with Crippen LogP contribution in [0.25, 0.3) is 16.7 Å². The normalized spacial score (nSPS) is 11.0. The van der Waals surface area contributed by atoms with E-state index in [0.29, 0.717) is 16.1 Å². The number of benzene rings is 1. The fraction of sp³-hybridized carbons (Fsp3) is 0.0833. The zero-order valence-electron chi connectivity index (χ0n) is 9.51.